The summed E-state index contributed by atoms with van der Waals surface area (Å²) < 4.78 is 2.42. The molecule has 0 aliphatic carbocycles. The predicted molar refractivity (Wildman–Crippen MR) is 138 cm³/mol. The maximum atomic E-state index is 2.42. The minimum atomic E-state index is 1.21. The van der Waals surface area contributed by atoms with Gasteiger partial charge in [0.25, 0.3) is 0 Å². The molecule has 0 unspecified atom stereocenters. The second-order valence-corrected chi connectivity index (χ2v) is 8.70. The van der Waals surface area contributed by atoms with Gasteiger partial charge in [-0.1, -0.05) is 78.9 Å². The molecule has 1 heteroatoms. The number of hydrogen-bond donors (Lipinski definition) is 0. The molecule has 0 bridgehead atoms. The zero-order valence-electron chi connectivity index (χ0n) is 17.8. The molecule has 6 aromatic carbocycles. The van der Waals surface area contributed by atoms with Gasteiger partial charge in [-0.2, -0.15) is 0 Å². The van der Waals surface area contributed by atoms with Crippen LogP contribution in [0.25, 0.3) is 59.8 Å². The molecule has 0 fully saturated rings. The van der Waals surface area contributed by atoms with E-state index in [-0.39, 0.29) is 0 Å². The molecular formula is C31H21N. The van der Waals surface area contributed by atoms with Crippen LogP contribution in [-0.2, 0) is 0 Å². The van der Waals surface area contributed by atoms with E-state index in [0.29, 0.717) is 0 Å². The van der Waals surface area contributed by atoms with Crippen LogP contribution in [0, 0.1) is 6.92 Å². The number of rotatable bonds is 1. The first-order chi connectivity index (χ1) is 15.8. The van der Waals surface area contributed by atoms with E-state index in [0.717, 1.165) is 0 Å². The largest absolute Gasteiger partial charge is 0.309 e. The summed E-state index contributed by atoms with van der Waals surface area (Å²) >= 11 is 0. The number of nitrogens with zero attached hydrogens (tertiary/aromatic N) is 1. The Balaban J connectivity index is 1.76. The number of fused-ring (bicyclic) bond motifs is 9. The van der Waals surface area contributed by atoms with Crippen LogP contribution in [0.15, 0.2) is 109 Å². The molecule has 150 valence electrons. The molecular weight excluding hydrogens is 386 g/mol. The lowest BCUT2D eigenvalue weighted by Crippen LogP contribution is -1.94. The van der Waals surface area contributed by atoms with Gasteiger partial charge in [0.15, 0.2) is 0 Å². The van der Waals surface area contributed by atoms with Crippen LogP contribution in [0.3, 0.4) is 0 Å². The molecule has 0 aliphatic rings. The molecule has 32 heavy (non-hydrogen) atoms. The first kappa shape index (κ1) is 17.6. The highest BCUT2D eigenvalue weighted by molar-refractivity contribution is 6.28. The van der Waals surface area contributed by atoms with Gasteiger partial charge < -0.3 is 4.57 Å². The summed E-state index contributed by atoms with van der Waals surface area (Å²) in [7, 11) is 0. The Morgan fingerprint density at radius 3 is 1.62 bits per heavy atom. The van der Waals surface area contributed by atoms with Gasteiger partial charge in [-0.3, -0.25) is 0 Å². The number of aryl methyl sites for hydroxylation is 1. The number of aromatic nitrogens is 1. The fourth-order valence-corrected chi connectivity index (χ4v) is 5.41. The van der Waals surface area contributed by atoms with Gasteiger partial charge in [-0.15, -0.1) is 0 Å². The third-order valence-electron chi connectivity index (χ3n) is 6.80. The van der Waals surface area contributed by atoms with Gasteiger partial charge in [0, 0.05) is 16.5 Å². The Kier molecular flexibility index (Phi) is 3.54. The molecule has 0 N–H and O–H groups in total. The molecule has 0 saturated carbocycles. The van der Waals surface area contributed by atoms with Crippen molar-refractivity contribution in [1.82, 2.24) is 4.57 Å². The van der Waals surface area contributed by atoms with Gasteiger partial charge in [-0.05, 0) is 75.1 Å². The molecule has 7 aromatic rings. The van der Waals surface area contributed by atoms with E-state index in [4.69, 9.17) is 0 Å². The van der Waals surface area contributed by atoms with Crippen molar-refractivity contribution in [3.8, 4) is 5.69 Å². The highest BCUT2D eigenvalue weighted by atomic mass is 15.0. The summed E-state index contributed by atoms with van der Waals surface area (Å²) in [5.74, 6) is 0. The Morgan fingerprint density at radius 2 is 0.969 bits per heavy atom. The Hall–Kier alpha value is -4.10. The molecule has 1 nitrogen and oxygen atoms in total. The van der Waals surface area contributed by atoms with E-state index in [2.05, 4.69) is 121 Å². The van der Waals surface area contributed by atoms with Gasteiger partial charge in [-0.25, -0.2) is 0 Å². The van der Waals surface area contributed by atoms with E-state index < -0.39 is 0 Å². The fourth-order valence-electron chi connectivity index (χ4n) is 5.41. The van der Waals surface area contributed by atoms with Crippen molar-refractivity contribution in [3.63, 3.8) is 0 Å². The van der Waals surface area contributed by atoms with E-state index >= 15 is 0 Å². The molecule has 0 saturated heterocycles. The van der Waals surface area contributed by atoms with Crippen LogP contribution in [0.5, 0.6) is 0 Å². The summed E-state index contributed by atoms with van der Waals surface area (Å²) in [6.45, 7) is 2.16. The highest BCUT2D eigenvalue weighted by Gasteiger charge is 2.16. The first-order valence-corrected chi connectivity index (χ1v) is 11.1. The van der Waals surface area contributed by atoms with Crippen molar-refractivity contribution in [3.05, 3.63) is 115 Å². The van der Waals surface area contributed by atoms with Crippen molar-refractivity contribution in [2.75, 3.05) is 0 Å². The van der Waals surface area contributed by atoms with Gasteiger partial charge >= 0.3 is 0 Å². The number of hydrogen-bond acceptors (Lipinski definition) is 0. The topological polar surface area (TPSA) is 4.93 Å². The highest BCUT2D eigenvalue weighted by Crippen LogP contribution is 2.40. The van der Waals surface area contributed by atoms with Crippen LogP contribution in [0.1, 0.15) is 5.56 Å². The lowest BCUT2D eigenvalue weighted by Gasteiger charge is -2.12. The van der Waals surface area contributed by atoms with Crippen molar-refractivity contribution < 1.29 is 0 Å². The van der Waals surface area contributed by atoms with E-state index in [1.165, 1.54) is 65.4 Å². The Bertz CT molecular complexity index is 1840. The number of para-hydroxylation sites is 1. The normalized spacial score (nSPS) is 11.9. The van der Waals surface area contributed by atoms with Gasteiger partial charge in [0.1, 0.15) is 0 Å². The molecule has 0 amide bonds. The Morgan fingerprint density at radius 1 is 0.406 bits per heavy atom. The minimum Gasteiger partial charge on any atom is -0.309 e. The molecule has 0 aliphatic heterocycles. The van der Waals surface area contributed by atoms with Crippen molar-refractivity contribution in [1.29, 1.82) is 0 Å². The van der Waals surface area contributed by atoms with Gasteiger partial charge in [0.2, 0.25) is 0 Å². The van der Waals surface area contributed by atoms with E-state index in [1.807, 2.05) is 0 Å². The minimum absolute atomic E-state index is 1.21. The van der Waals surface area contributed by atoms with Crippen LogP contribution in [-0.4, -0.2) is 4.57 Å². The van der Waals surface area contributed by atoms with Crippen molar-refractivity contribution in [2.24, 2.45) is 0 Å². The van der Waals surface area contributed by atoms with Crippen LogP contribution in [0.4, 0.5) is 0 Å². The van der Waals surface area contributed by atoms with E-state index in [9.17, 15) is 0 Å². The average Bonchev–Trinajstić information content (AvgIpc) is 3.17. The lowest BCUT2D eigenvalue weighted by molar-refractivity contribution is 1.17. The van der Waals surface area contributed by atoms with Crippen LogP contribution in [0.2, 0.25) is 0 Å². The molecule has 0 atom stereocenters. The summed E-state index contributed by atoms with van der Waals surface area (Å²) in [5.41, 5.74) is 4.98. The Labute approximate surface area is 186 Å². The second kappa shape index (κ2) is 6.45. The monoisotopic (exact) mass is 407 g/mol. The lowest BCUT2D eigenvalue weighted by atomic mass is 9.93. The second-order valence-electron chi connectivity index (χ2n) is 8.70. The molecule has 0 spiro atoms. The molecule has 0 radical (unpaired) electrons. The summed E-state index contributed by atoms with van der Waals surface area (Å²) in [5, 5.41) is 10.5. The fraction of sp³-hybridized carbons (Fsp3) is 0.0323. The molecule has 1 heterocycles. The van der Waals surface area contributed by atoms with Crippen LogP contribution >= 0.6 is 0 Å². The zero-order valence-corrected chi connectivity index (χ0v) is 17.8. The maximum absolute atomic E-state index is 2.42. The summed E-state index contributed by atoms with van der Waals surface area (Å²) in [6, 6.07) is 40.0. The van der Waals surface area contributed by atoms with E-state index in [1.54, 1.807) is 0 Å². The van der Waals surface area contributed by atoms with Crippen molar-refractivity contribution in [2.45, 2.75) is 6.92 Å². The molecule has 1 aromatic heterocycles. The maximum Gasteiger partial charge on any atom is 0.0547 e. The third kappa shape index (κ3) is 2.34. The predicted octanol–water partition coefficient (Wildman–Crippen LogP) is 8.55. The first-order valence-electron chi connectivity index (χ1n) is 11.1. The quantitative estimate of drug-likeness (QED) is 0.240. The van der Waals surface area contributed by atoms with Crippen molar-refractivity contribution >= 4 is 54.1 Å². The van der Waals surface area contributed by atoms with Crippen LogP contribution < -0.4 is 0 Å². The number of benzene rings is 6. The third-order valence-corrected chi connectivity index (χ3v) is 6.80. The standard InChI is InChI=1S/C31H21N/c1-20-9-8-10-21(17-20)32-30-16-7-6-15-26(30)29-18-27-24-13-4-2-11-22(24)23-12-3-5-14-25(23)28(27)19-31(29)32/h2-19H,1H3. The zero-order chi connectivity index (χ0) is 21.2. The van der Waals surface area contributed by atoms with Gasteiger partial charge in [0.05, 0.1) is 11.0 Å². The SMILES string of the molecule is Cc1cccc(-n2c3ccccc3c3cc4c5ccccc5c5ccccc5c4cc32)c1. The average molecular weight is 408 g/mol. The summed E-state index contributed by atoms with van der Waals surface area (Å²) in [6.07, 6.45) is 0. The smallest absolute Gasteiger partial charge is 0.0547 e. The summed E-state index contributed by atoms with van der Waals surface area (Å²) in [4.78, 5) is 0. The molecule has 7 rings (SSSR count).